The van der Waals surface area contributed by atoms with Gasteiger partial charge in [-0.25, -0.2) is 0 Å². The minimum absolute atomic E-state index is 0.0678. The Labute approximate surface area is 90.6 Å². The molecule has 1 atom stereocenters. The van der Waals surface area contributed by atoms with Gasteiger partial charge in [0.2, 0.25) is 0 Å². The van der Waals surface area contributed by atoms with Crippen molar-refractivity contribution >= 4 is 0 Å². The number of nitrogens with zero attached hydrogens (tertiary/aromatic N) is 1. The van der Waals surface area contributed by atoms with E-state index in [4.69, 9.17) is 4.84 Å². The second kappa shape index (κ2) is 5.53. The summed E-state index contributed by atoms with van der Waals surface area (Å²) in [7, 11) is 0. The number of rotatable bonds is 5. The minimum Gasteiger partial charge on any atom is -0.403 e. The third-order valence-corrected chi connectivity index (χ3v) is 1.93. The summed E-state index contributed by atoms with van der Waals surface area (Å²) >= 11 is 0. The van der Waals surface area contributed by atoms with Crippen LogP contribution < -0.4 is 4.84 Å². The van der Waals surface area contributed by atoms with Gasteiger partial charge in [-0.2, -0.15) is 0 Å². The SMILES string of the molecule is C=CC(O)N(Oc1ccccc1)C(C)C. The van der Waals surface area contributed by atoms with Crippen molar-refractivity contribution in [1.82, 2.24) is 5.06 Å². The Hall–Kier alpha value is -1.32. The Balaban J connectivity index is 2.71. The second-order valence-electron chi connectivity index (χ2n) is 3.51. The molecule has 0 heterocycles. The quantitative estimate of drug-likeness (QED) is 0.456. The fourth-order valence-corrected chi connectivity index (χ4v) is 1.17. The molecule has 0 aliphatic heterocycles. The molecule has 3 nitrogen and oxygen atoms in total. The van der Waals surface area contributed by atoms with Crippen molar-refractivity contribution in [2.45, 2.75) is 26.1 Å². The van der Waals surface area contributed by atoms with Crippen LogP contribution >= 0.6 is 0 Å². The first-order valence-electron chi connectivity index (χ1n) is 4.97. The van der Waals surface area contributed by atoms with Crippen LogP contribution in [0.2, 0.25) is 0 Å². The standard InChI is InChI=1S/C12H17NO2/c1-4-12(14)13(10(2)3)15-11-8-6-5-7-9-11/h4-10,12,14H,1H2,2-3H3. The van der Waals surface area contributed by atoms with Gasteiger partial charge in [0.1, 0.15) is 5.75 Å². The van der Waals surface area contributed by atoms with Crippen LogP contribution in [0.1, 0.15) is 13.8 Å². The maximum absolute atomic E-state index is 9.63. The summed E-state index contributed by atoms with van der Waals surface area (Å²) in [6.45, 7) is 7.41. The van der Waals surface area contributed by atoms with Crippen LogP contribution in [-0.2, 0) is 0 Å². The molecule has 0 aliphatic carbocycles. The third-order valence-electron chi connectivity index (χ3n) is 1.93. The lowest BCUT2D eigenvalue weighted by Gasteiger charge is -2.28. The van der Waals surface area contributed by atoms with E-state index in [1.54, 1.807) is 0 Å². The number of para-hydroxylation sites is 1. The van der Waals surface area contributed by atoms with Crippen LogP contribution in [-0.4, -0.2) is 22.4 Å². The van der Waals surface area contributed by atoms with Crippen molar-refractivity contribution in [3.63, 3.8) is 0 Å². The number of aliphatic hydroxyl groups excluding tert-OH is 1. The molecular weight excluding hydrogens is 190 g/mol. The number of hydrogen-bond acceptors (Lipinski definition) is 3. The number of aliphatic hydroxyl groups is 1. The molecule has 0 fully saturated rings. The molecule has 0 aliphatic rings. The van der Waals surface area contributed by atoms with Crippen LogP contribution in [0.15, 0.2) is 43.0 Å². The number of benzene rings is 1. The van der Waals surface area contributed by atoms with Gasteiger partial charge in [0.15, 0.2) is 6.23 Å². The molecule has 0 amide bonds. The molecule has 1 N–H and O–H groups in total. The van der Waals surface area contributed by atoms with Crippen molar-refractivity contribution in [2.24, 2.45) is 0 Å². The van der Waals surface area contributed by atoms with Crippen molar-refractivity contribution in [3.05, 3.63) is 43.0 Å². The Morgan fingerprint density at radius 2 is 1.93 bits per heavy atom. The van der Waals surface area contributed by atoms with E-state index in [0.29, 0.717) is 5.75 Å². The fourth-order valence-electron chi connectivity index (χ4n) is 1.17. The highest BCUT2D eigenvalue weighted by atomic mass is 16.7. The van der Waals surface area contributed by atoms with Gasteiger partial charge >= 0.3 is 0 Å². The molecule has 15 heavy (non-hydrogen) atoms. The molecule has 0 bridgehead atoms. The first kappa shape index (κ1) is 11.8. The zero-order valence-electron chi connectivity index (χ0n) is 9.13. The average molecular weight is 207 g/mol. The maximum Gasteiger partial charge on any atom is 0.158 e. The molecule has 0 spiro atoms. The summed E-state index contributed by atoms with van der Waals surface area (Å²) < 4.78 is 0. The summed E-state index contributed by atoms with van der Waals surface area (Å²) in [5.74, 6) is 0.701. The second-order valence-corrected chi connectivity index (χ2v) is 3.51. The zero-order valence-corrected chi connectivity index (χ0v) is 9.13. The maximum atomic E-state index is 9.63. The summed E-state index contributed by atoms with van der Waals surface area (Å²) in [6, 6.07) is 9.42. The minimum atomic E-state index is -0.801. The number of hydroxylamine groups is 2. The van der Waals surface area contributed by atoms with Crippen molar-refractivity contribution in [3.8, 4) is 5.75 Å². The molecule has 3 heteroatoms. The van der Waals surface area contributed by atoms with Crippen molar-refractivity contribution in [2.75, 3.05) is 0 Å². The summed E-state index contributed by atoms with van der Waals surface area (Å²) in [5, 5.41) is 11.1. The van der Waals surface area contributed by atoms with Crippen LogP contribution in [0.4, 0.5) is 0 Å². The van der Waals surface area contributed by atoms with Gasteiger partial charge in [0.25, 0.3) is 0 Å². The molecule has 1 aromatic carbocycles. The topological polar surface area (TPSA) is 32.7 Å². The largest absolute Gasteiger partial charge is 0.403 e. The Kier molecular flexibility index (Phi) is 4.34. The van der Waals surface area contributed by atoms with E-state index in [1.165, 1.54) is 11.1 Å². The molecule has 1 unspecified atom stereocenters. The zero-order chi connectivity index (χ0) is 11.3. The van der Waals surface area contributed by atoms with Gasteiger partial charge in [-0.15, -0.1) is 5.06 Å². The van der Waals surface area contributed by atoms with Gasteiger partial charge < -0.3 is 9.94 Å². The molecule has 0 radical (unpaired) electrons. The Morgan fingerprint density at radius 1 is 1.33 bits per heavy atom. The molecule has 82 valence electrons. The lowest BCUT2D eigenvalue weighted by molar-refractivity contribution is -0.171. The van der Waals surface area contributed by atoms with Crippen LogP contribution in [0.5, 0.6) is 5.75 Å². The van der Waals surface area contributed by atoms with E-state index >= 15 is 0 Å². The van der Waals surface area contributed by atoms with E-state index in [-0.39, 0.29) is 6.04 Å². The van der Waals surface area contributed by atoms with E-state index in [2.05, 4.69) is 6.58 Å². The Morgan fingerprint density at radius 3 is 2.40 bits per heavy atom. The van der Waals surface area contributed by atoms with E-state index in [0.717, 1.165) is 0 Å². The van der Waals surface area contributed by atoms with Gasteiger partial charge in [-0.3, -0.25) is 0 Å². The predicted molar refractivity (Wildman–Crippen MR) is 60.2 cm³/mol. The molecular formula is C12H17NO2. The lowest BCUT2D eigenvalue weighted by atomic mass is 10.3. The van der Waals surface area contributed by atoms with E-state index in [9.17, 15) is 5.11 Å². The smallest absolute Gasteiger partial charge is 0.158 e. The normalized spacial score (nSPS) is 12.9. The molecule has 1 aromatic rings. The lowest BCUT2D eigenvalue weighted by Crippen LogP contribution is -2.41. The summed E-state index contributed by atoms with van der Waals surface area (Å²) in [4.78, 5) is 5.54. The van der Waals surface area contributed by atoms with Crippen LogP contribution in [0.25, 0.3) is 0 Å². The molecule has 0 saturated heterocycles. The highest BCUT2D eigenvalue weighted by molar-refractivity contribution is 5.20. The molecule has 0 aromatic heterocycles. The van der Waals surface area contributed by atoms with Gasteiger partial charge in [0, 0.05) is 6.04 Å². The fraction of sp³-hybridized carbons (Fsp3) is 0.333. The van der Waals surface area contributed by atoms with Crippen LogP contribution in [0, 0.1) is 0 Å². The molecule has 0 saturated carbocycles. The highest BCUT2D eigenvalue weighted by Gasteiger charge is 2.17. The van der Waals surface area contributed by atoms with Crippen LogP contribution in [0.3, 0.4) is 0 Å². The van der Waals surface area contributed by atoms with Crippen molar-refractivity contribution < 1.29 is 9.94 Å². The highest BCUT2D eigenvalue weighted by Crippen LogP contribution is 2.14. The summed E-state index contributed by atoms with van der Waals surface area (Å²) in [5.41, 5.74) is 0. The van der Waals surface area contributed by atoms with Gasteiger partial charge in [-0.05, 0) is 32.1 Å². The van der Waals surface area contributed by atoms with E-state index < -0.39 is 6.23 Å². The first-order valence-corrected chi connectivity index (χ1v) is 4.97. The first-order chi connectivity index (χ1) is 7.15. The van der Waals surface area contributed by atoms with E-state index in [1.807, 2.05) is 44.2 Å². The molecule has 1 rings (SSSR count). The van der Waals surface area contributed by atoms with Crippen molar-refractivity contribution in [1.29, 1.82) is 0 Å². The third kappa shape index (κ3) is 3.38. The predicted octanol–water partition coefficient (Wildman–Crippen LogP) is 2.20. The summed E-state index contributed by atoms with van der Waals surface area (Å²) in [6.07, 6.45) is 0.633. The Bertz CT molecular complexity index is 298. The van der Waals surface area contributed by atoms with Gasteiger partial charge in [0.05, 0.1) is 0 Å². The average Bonchev–Trinajstić information content (AvgIpc) is 2.26. The number of hydrogen-bond donors (Lipinski definition) is 1. The monoisotopic (exact) mass is 207 g/mol. The van der Waals surface area contributed by atoms with Gasteiger partial charge in [-0.1, -0.05) is 24.8 Å².